The van der Waals surface area contributed by atoms with E-state index >= 15 is 0 Å². The predicted molar refractivity (Wildman–Crippen MR) is 113 cm³/mol. The van der Waals surface area contributed by atoms with Crippen LogP contribution >= 0.6 is 0 Å². The van der Waals surface area contributed by atoms with Crippen molar-refractivity contribution < 1.29 is 4.42 Å². The number of anilines is 1. The molecular formula is C23H23N5O. The van der Waals surface area contributed by atoms with Gasteiger partial charge in [-0.1, -0.05) is 49.1 Å². The first-order valence-corrected chi connectivity index (χ1v) is 10.2. The van der Waals surface area contributed by atoms with Gasteiger partial charge in [0.1, 0.15) is 5.82 Å². The van der Waals surface area contributed by atoms with Crippen LogP contribution in [0.15, 0.2) is 52.9 Å². The van der Waals surface area contributed by atoms with E-state index < -0.39 is 0 Å². The van der Waals surface area contributed by atoms with Gasteiger partial charge in [0.25, 0.3) is 5.89 Å². The third-order valence-electron chi connectivity index (χ3n) is 5.43. The van der Waals surface area contributed by atoms with Gasteiger partial charge < -0.3 is 9.73 Å². The molecule has 0 amide bonds. The lowest BCUT2D eigenvalue weighted by molar-refractivity contribution is 0.462. The molecule has 0 radical (unpaired) electrons. The number of nitrogens with zero attached hydrogens (tertiary/aromatic N) is 4. The number of aromatic nitrogens is 4. The highest BCUT2D eigenvalue weighted by atomic mass is 16.4. The fourth-order valence-electron chi connectivity index (χ4n) is 3.93. The van der Waals surface area contributed by atoms with Crippen molar-refractivity contribution in [3.63, 3.8) is 0 Å². The van der Waals surface area contributed by atoms with Gasteiger partial charge in [0.15, 0.2) is 0 Å². The Morgan fingerprint density at radius 2 is 1.72 bits per heavy atom. The van der Waals surface area contributed by atoms with Crippen LogP contribution in [-0.4, -0.2) is 26.2 Å². The van der Waals surface area contributed by atoms with Crippen molar-refractivity contribution in [3.8, 4) is 23.2 Å². The monoisotopic (exact) mass is 385 g/mol. The van der Waals surface area contributed by atoms with Gasteiger partial charge in [-0.15, -0.1) is 10.2 Å². The largest absolute Gasteiger partial charge is 0.413 e. The molecule has 2 heterocycles. The minimum Gasteiger partial charge on any atom is -0.413 e. The Bertz CT molecular complexity index is 1150. The smallest absolute Gasteiger partial charge is 0.286 e. The van der Waals surface area contributed by atoms with Crippen LogP contribution in [0, 0.1) is 6.92 Å². The zero-order valence-electron chi connectivity index (χ0n) is 16.4. The Kier molecular flexibility index (Phi) is 4.68. The van der Waals surface area contributed by atoms with E-state index in [9.17, 15) is 0 Å². The summed E-state index contributed by atoms with van der Waals surface area (Å²) in [6, 6.07) is 16.5. The van der Waals surface area contributed by atoms with Crippen molar-refractivity contribution in [2.75, 3.05) is 5.32 Å². The van der Waals surface area contributed by atoms with E-state index in [1.54, 1.807) is 0 Å². The highest BCUT2D eigenvalue weighted by Crippen LogP contribution is 2.29. The first-order valence-electron chi connectivity index (χ1n) is 10.2. The molecule has 146 valence electrons. The standard InChI is InChI=1S/C23H23N5O/c1-15-8-7-9-16(14-15)22-27-28-23(29-22)21-25-19-13-6-5-12-18(19)20(26-21)24-17-10-3-2-4-11-17/h5-9,12-14,17H,2-4,10-11H2,1H3,(H,24,25,26). The Hall–Kier alpha value is -3.28. The number of hydrogen-bond acceptors (Lipinski definition) is 6. The van der Waals surface area contributed by atoms with E-state index in [-0.39, 0.29) is 0 Å². The number of benzene rings is 2. The van der Waals surface area contributed by atoms with Crippen LogP contribution in [0.4, 0.5) is 5.82 Å². The topological polar surface area (TPSA) is 76.7 Å². The van der Waals surface area contributed by atoms with E-state index in [4.69, 9.17) is 9.40 Å². The van der Waals surface area contributed by atoms with Gasteiger partial charge >= 0.3 is 0 Å². The highest BCUT2D eigenvalue weighted by molar-refractivity contribution is 5.90. The highest BCUT2D eigenvalue weighted by Gasteiger charge is 2.19. The van der Waals surface area contributed by atoms with E-state index in [0.29, 0.717) is 23.6 Å². The fraction of sp³-hybridized carbons (Fsp3) is 0.304. The molecule has 1 N–H and O–H groups in total. The summed E-state index contributed by atoms with van der Waals surface area (Å²) in [6.07, 6.45) is 6.18. The molecular weight excluding hydrogens is 362 g/mol. The normalized spacial score (nSPS) is 14.9. The molecule has 1 aliphatic carbocycles. The second kappa shape index (κ2) is 7.62. The average molecular weight is 385 g/mol. The van der Waals surface area contributed by atoms with Crippen molar-refractivity contribution in [1.29, 1.82) is 0 Å². The number of hydrogen-bond donors (Lipinski definition) is 1. The summed E-state index contributed by atoms with van der Waals surface area (Å²) in [6.45, 7) is 2.04. The van der Waals surface area contributed by atoms with E-state index in [0.717, 1.165) is 27.8 Å². The number of nitrogens with one attached hydrogen (secondary N) is 1. The van der Waals surface area contributed by atoms with E-state index in [1.807, 2.05) is 49.4 Å². The summed E-state index contributed by atoms with van der Waals surface area (Å²) in [7, 11) is 0. The maximum atomic E-state index is 5.93. The summed E-state index contributed by atoms with van der Waals surface area (Å²) in [5, 5.41) is 13.1. The minimum absolute atomic E-state index is 0.332. The number of fused-ring (bicyclic) bond motifs is 1. The Morgan fingerprint density at radius 1 is 0.897 bits per heavy atom. The molecule has 0 atom stereocenters. The molecule has 4 aromatic rings. The minimum atomic E-state index is 0.332. The molecule has 2 aromatic heterocycles. The van der Waals surface area contributed by atoms with Gasteiger partial charge in [-0.2, -0.15) is 0 Å². The third-order valence-corrected chi connectivity index (χ3v) is 5.43. The summed E-state index contributed by atoms with van der Waals surface area (Å²) < 4.78 is 5.93. The van der Waals surface area contributed by atoms with Crippen molar-refractivity contribution in [1.82, 2.24) is 20.2 Å². The van der Waals surface area contributed by atoms with Gasteiger partial charge in [-0.05, 0) is 44.0 Å². The Labute approximate surface area is 169 Å². The average Bonchev–Trinajstić information content (AvgIpc) is 3.25. The molecule has 2 aromatic carbocycles. The maximum Gasteiger partial charge on any atom is 0.286 e. The van der Waals surface area contributed by atoms with Crippen LogP contribution in [0.2, 0.25) is 0 Å². The number of aryl methyl sites for hydroxylation is 1. The Morgan fingerprint density at radius 3 is 2.59 bits per heavy atom. The lowest BCUT2D eigenvalue weighted by Gasteiger charge is -2.24. The lowest BCUT2D eigenvalue weighted by Crippen LogP contribution is -2.23. The van der Waals surface area contributed by atoms with Crippen molar-refractivity contribution in [3.05, 3.63) is 54.1 Å². The summed E-state index contributed by atoms with van der Waals surface area (Å²) in [5.41, 5.74) is 2.90. The second-order valence-corrected chi connectivity index (χ2v) is 7.67. The van der Waals surface area contributed by atoms with E-state index in [2.05, 4.69) is 26.6 Å². The summed E-state index contributed by atoms with van der Waals surface area (Å²) in [4.78, 5) is 9.45. The molecule has 0 unspecified atom stereocenters. The van der Waals surface area contributed by atoms with Gasteiger partial charge in [0.05, 0.1) is 5.52 Å². The van der Waals surface area contributed by atoms with E-state index in [1.165, 1.54) is 32.1 Å². The quantitative estimate of drug-likeness (QED) is 0.507. The van der Waals surface area contributed by atoms with Crippen LogP contribution in [0.1, 0.15) is 37.7 Å². The molecule has 0 saturated heterocycles. The van der Waals surface area contributed by atoms with Gasteiger partial charge in [-0.25, -0.2) is 9.97 Å². The fourth-order valence-corrected chi connectivity index (χ4v) is 3.93. The first kappa shape index (κ1) is 17.8. The van der Waals surface area contributed by atoms with Crippen LogP contribution in [0.3, 0.4) is 0 Å². The lowest BCUT2D eigenvalue weighted by atomic mass is 9.95. The zero-order valence-corrected chi connectivity index (χ0v) is 16.4. The van der Waals surface area contributed by atoms with Gasteiger partial charge in [0.2, 0.25) is 11.7 Å². The summed E-state index contributed by atoms with van der Waals surface area (Å²) >= 11 is 0. The number of rotatable bonds is 4. The van der Waals surface area contributed by atoms with Crippen molar-refractivity contribution >= 4 is 16.7 Å². The molecule has 1 fully saturated rings. The van der Waals surface area contributed by atoms with Gasteiger partial charge in [0, 0.05) is 17.0 Å². The molecule has 0 bridgehead atoms. The SMILES string of the molecule is Cc1cccc(-c2nnc(-c3nc(NC4CCCCC4)c4ccccc4n3)o2)c1. The predicted octanol–water partition coefficient (Wildman–Crippen LogP) is 5.40. The second-order valence-electron chi connectivity index (χ2n) is 7.67. The molecule has 0 aliphatic heterocycles. The third kappa shape index (κ3) is 3.70. The molecule has 1 aliphatic rings. The molecule has 1 saturated carbocycles. The molecule has 6 nitrogen and oxygen atoms in total. The van der Waals surface area contributed by atoms with Crippen molar-refractivity contribution in [2.45, 2.75) is 45.1 Å². The van der Waals surface area contributed by atoms with Crippen LogP contribution in [-0.2, 0) is 0 Å². The molecule has 0 spiro atoms. The maximum absolute atomic E-state index is 5.93. The first-order chi connectivity index (χ1) is 14.3. The summed E-state index contributed by atoms with van der Waals surface area (Å²) in [5.74, 6) is 2.10. The zero-order chi connectivity index (χ0) is 19.6. The number of para-hydroxylation sites is 1. The Balaban J connectivity index is 1.53. The molecule has 6 heteroatoms. The molecule has 5 rings (SSSR count). The molecule has 29 heavy (non-hydrogen) atoms. The van der Waals surface area contributed by atoms with Crippen LogP contribution in [0.5, 0.6) is 0 Å². The van der Waals surface area contributed by atoms with Crippen LogP contribution in [0.25, 0.3) is 34.1 Å². The van der Waals surface area contributed by atoms with Crippen molar-refractivity contribution in [2.24, 2.45) is 0 Å². The van der Waals surface area contributed by atoms with Gasteiger partial charge in [-0.3, -0.25) is 0 Å². The van der Waals surface area contributed by atoms with Crippen LogP contribution < -0.4 is 5.32 Å².